The topological polar surface area (TPSA) is 51.4 Å². The van der Waals surface area contributed by atoms with Gasteiger partial charge in [-0.05, 0) is 56.8 Å². The maximum absolute atomic E-state index is 6.41. The number of allylic oxidation sites excluding steroid dienone is 2. The van der Waals surface area contributed by atoms with Crippen LogP contribution >= 0.6 is 0 Å². The molecule has 0 spiro atoms. The molecule has 4 aliphatic rings. The van der Waals surface area contributed by atoms with Crippen LogP contribution in [0.25, 0.3) is 0 Å². The van der Waals surface area contributed by atoms with E-state index >= 15 is 0 Å². The lowest BCUT2D eigenvalue weighted by atomic mass is 9.74. The Hall–Kier alpha value is -1.78. The lowest BCUT2D eigenvalue weighted by Crippen LogP contribution is -2.52. The third kappa shape index (κ3) is 2.36. The summed E-state index contributed by atoms with van der Waals surface area (Å²) in [5.41, 5.74) is 1.26. The summed E-state index contributed by atoms with van der Waals surface area (Å²) in [6, 6.07) is 0. The predicted octanol–water partition coefficient (Wildman–Crippen LogP) is 3.68. The molecule has 1 aliphatic heterocycles. The van der Waals surface area contributed by atoms with Crippen molar-refractivity contribution >= 4 is 0 Å². The summed E-state index contributed by atoms with van der Waals surface area (Å²) >= 11 is 0. The summed E-state index contributed by atoms with van der Waals surface area (Å²) in [5, 5.41) is 4.28. The minimum absolute atomic E-state index is 0.137. The van der Waals surface area contributed by atoms with Crippen LogP contribution in [0.1, 0.15) is 56.7 Å². The van der Waals surface area contributed by atoms with Crippen molar-refractivity contribution in [1.29, 1.82) is 0 Å². The number of ether oxygens (including phenoxy) is 1. The molecule has 5 heteroatoms. The van der Waals surface area contributed by atoms with E-state index in [-0.39, 0.29) is 5.54 Å². The Morgan fingerprint density at radius 2 is 2.12 bits per heavy atom. The van der Waals surface area contributed by atoms with Gasteiger partial charge in [0, 0.05) is 19.0 Å². The van der Waals surface area contributed by atoms with Crippen molar-refractivity contribution in [2.45, 2.75) is 57.4 Å². The Labute approximate surface area is 142 Å². The number of aryl methyl sites for hydroxylation is 1. The Morgan fingerprint density at radius 3 is 2.71 bits per heavy atom. The fraction of sp³-hybridized carbons (Fsp3) is 0.684. The van der Waals surface area contributed by atoms with Crippen LogP contribution in [0.2, 0.25) is 0 Å². The Kier molecular flexibility index (Phi) is 3.25. The second-order valence-corrected chi connectivity index (χ2v) is 7.82. The van der Waals surface area contributed by atoms with E-state index in [2.05, 4.69) is 27.2 Å². The molecule has 0 N–H and O–H groups in total. The molecule has 0 saturated heterocycles. The van der Waals surface area contributed by atoms with Gasteiger partial charge in [0.15, 0.2) is 11.7 Å². The smallest absolute Gasteiger partial charge is 0.223 e. The molecule has 128 valence electrons. The third-order valence-corrected chi connectivity index (χ3v) is 5.89. The van der Waals surface area contributed by atoms with E-state index in [1.807, 2.05) is 6.92 Å². The highest BCUT2D eigenvalue weighted by Gasteiger charge is 2.50. The minimum atomic E-state index is -0.137. The van der Waals surface area contributed by atoms with Crippen molar-refractivity contribution in [3.8, 4) is 0 Å². The van der Waals surface area contributed by atoms with Crippen molar-refractivity contribution in [2.24, 2.45) is 11.8 Å². The van der Waals surface area contributed by atoms with Crippen LogP contribution in [-0.2, 0) is 10.3 Å². The molecule has 3 aliphatic carbocycles. The summed E-state index contributed by atoms with van der Waals surface area (Å²) in [4.78, 5) is 7.03. The molecule has 2 heterocycles. The molecule has 5 nitrogen and oxygen atoms in total. The largest absolute Gasteiger partial charge is 0.479 e. The first-order valence-corrected chi connectivity index (χ1v) is 9.38. The Bertz CT molecular complexity index is 693. The van der Waals surface area contributed by atoms with Gasteiger partial charge in [-0.2, -0.15) is 4.98 Å². The van der Waals surface area contributed by atoms with Crippen LogP contribution < -0.4 is 0 Å². The molecule has 0 radical (unpaired) electrons. The molecule has 1 aromatic rings. The quantitative estimate of drug-likeness (QED) is 0.798. The van der Waals surface area contributed by atoms with E-state index in [1.54, 1.807) is 0 Å². The first-order chi connectivity index (χ1) is 11.8. The first kappa shape index (κ1) is 14.6. The molecule has 0 aromatic carbocycles. The third-order valence-electron chi connectivity index (χ3n) is 5.89. The first-order valence-electron chi connectivity index (χ1n) is 9.38. The van der Waals surface area contributed by atoms with E-state index in [4.69, 9.17) is 9.26 Å². The summed E-state index contributed by atoms with van der Waals surface area (Å²) in [5.74, 6) is 4.03. The van der Waals surface area contributed by atoms with Crippen molar-refractivity contribution in [2.75, 3.05) is 13.2 Å². The van der Waals surface area contributed by atoms with Gasteiger partial charge >= 0.3 is 0 Å². The second-order valence-electron chi connectivity index (χ2n) is 7.82. The highest BCUT2D eigenvalue weighted by molar-refractivity contribution is 5.34. The van der Waals surface area contributed by atoms with Crippen LogP contribution in [0, 0.1) is 18.8 Å². The molecular weight excluding hydrogens is 302 g/mol. The molecular formula is C19H25N3O2. The number of rotatable bonds is 6. The zero-order valence-corrected chi connectivity index (χ0v) is 14.3. The van der Waals surface area contributed by atoms with E-state index in [0.29, 0.717) is 11.8 Å². The fourth-order valence-electron chi connectivity index (χ4n) is 3.93. The number of hydrogen-bond acceptors (Lipinski definition) is 5. The number of hydrogen-bond donors (Lipinski definition) is 0. The average molecular weight is 327 g/mol. The van der Waals surface area contributed by atoms with Crippen LogP contribution in [0.3, 0.4) is 0 Å². The number of aromatic nitrogens is 2. The highest BCUT2D eigenvalue weighted by Crippen LogP contribution is 2.50. The zero-order valence-electron chi connectivity index (χ0n) is 14.3. The summed E-state index contributed by atoms with van der Waals surface area (Å²) in [7, 11) is 0. The van der Waals surface area contributed by atoms with Gasteiger partial charge in [0.05, 0.1) is 6.61 Å². The maximum atomic E-state index is 6.41. The Balaban J connectivity index is 1.50. The van der Waals surface area contributed by atoms with Gasteiger partial charge in [-0.3, -0.25) is 0 Å². The van der Waals surface area contributed by atoms with Crippen LogP contribution in [0.5, 0.6) is 0 Å². The second kappa shape index (κ2) is 5.36. The fourth-order valence-corrected chi connectivity index (χ4v) is 3.93. The van der Waals surface area contributed by atoms with Crippen LogP contribution in [-0.4, -0.2) is 28.2 Å². The van der Waals surface area contributed by atoms with Gasteiger partial charge < -0.3 is 14.2 Å². The normalized spacial score (nSPS) is 25.8. The minimum Gasteiger partial charge on any atom is -0.479 e. The highest BCUT2D eigenvalue weighted by atomic mass is 16.5. The molecule has 5 rings (SSSR count). The van der Waals surface area contributed by atoms with E-state index in [1.165, 1.54) is 37.7 Å². The molecule has 1 aromatic heterocycles. The molecule has 0 bridgehead atoms. The van der Waals surface area contributed by atoms with Gasteiger partial charge in [0.2, 0.25) is 5.89 Å². The van der Waals surface area contributed by atoms with Crippen LogP contribution in [0.15, 0.2) is 28.1 Å². The van der Waals surface area contributed by atoms with Gasteiger partial charge in [-0.15, -0.1) is 0 Å². The lowest BCUT2D eigenvalue weighted by molar-refractivity contribution is -0.0233. The maximum Gasteiger partial charge on any atom is 0.223 e. The van der Waals surface area contributed by atoms with E-state index < -0.39 is 0 Å². The summed E-state index contributed by atoms with van der Waals surface area (Å²) in [6.45, 7) is 3.61. The molecule has 24 heavy (non-hydrogen) atoms. The number of nitrogens with zero attached hydrogens (tertiary/aromatic N) is 3. The van der Waals surface area contributed by atoms with Gasteiger partial charge in [-0.1, -0.05) is 17.3 Å². The average Bonchev–Trinajstić information content (AvgIpc) is 3.45. The van der Waals surface area contributed by atoms with Crippen molar-refractivity contribution in [3.05, 3.63) is 35.3 Å². The van der Waals surface area contributed by atoms with Gasteiger partial charge in [-0.25, -0.2) is 0 Å². The zero-order chi connectivity index (χ0) is 16.1. The monoisotopic (exact) mass is 327 g/mol. The predicted molar refractivity (Wildman–Crippen MR) is 88.8 cm³/mol. The molecule has 0 unspecified atom stereocenters. The van der Waals surface area contributed by atoms with Crippen molar-refractivity contribution in [3.63, 3.8) is 0 Å². The summed E-state index contributed by atoms with van der Waals surface area (Å²) in [6.07, 6.45) is 13.2. The van der Waals surface area contributed by atoms with E-state index in [0.717, 1.165) is 43.6 Å². The summed E-state index contributed by atoms with van der Waals surface area (Å²) < 4.78 is 11.7. The van der Waals surface area contributed by atoms with Gasteiger partial charge in [0.25, 0.3) is 0 Å². The molecule has 3 saturated carbocycles. The lowest BCUT2D eigenvalue weighted by Gasteiger charge is -2.50. The van der Waals surface area contributed by atoms with Crippen molar-refractivity contribution < 1.29 is 9.26 Å². The van der Waals surface area contributed by atoms with Crippen molar-refractivity contribution in [1.82, 2.24) is 15.0 Å². The SMILES string of the molecule is Cc1nc(C2(N3CC=CC(C4CC4)=C3OCC3CC3)CCC2)no1. The van der Waals surface area contributed by atoms with Crippen LogP contribution in [0.4, 0.5) is 0 Å². The molecule has 0 atom stereocenters. The molecule has 0 amide bonds. The standard InChI is InChI=1S/C19H25N3O2/c1-13-20-18(21-24-13)19(9-3-10-19)22-11-2-4-16(15-7-8-15)17(22)23-12-14-5-6-14/h2,4,14-15H,3,5-12H2,1H3. The molecule has 3 fully saturated rings. The van der Waals surface area contributed by atoms with Gasteiger partial charge in [0.1, 0.15) is 5.54 Å². The van der Waals surface area contributed by atoms with E-state index in [9.17, 15) is 0 Å². The Morgan fingerprint density at radius 1 is 1.29 bits per heavy atom.